The highest BCUT2D eigenvalue weighted by Gasteiger charge is 2.28. The molecule has 0 radical (unpaired) electrons. The molecule has 0 atom stereocenters. The van der Waals surface area contributed by atoms with Gasteiger partial charge in [-0.25, -0.2) is 0 Å². The Morgan fingerprint density at radius 1 is 1.03 bits per heavy atom. The van der Waals surface area contributed by atoms with Crippen LogP contribution in [0.1, 0.15) is 21.6 Å². The van der Waals surface area contributed by atoms with Gasteiger partial charge in [-0.15, -0.1) is 0 Å². The summed E-state index contributed by atoms with van der Waals surface area (Å²) in [5.41, 5.74) is 2.08. The van der Waals surface area contributed by atoms with Gasteiger partial charge >= 0.3 is 6.30 Å². The Kier molecular flexibility index (Phi) is 5.30. The zero-order valence-corrected chi connectivity index (χ0v) is 17.2. The van der Waals surface area contributed by atoms with Gasteiger partial charge in [0.2, 0.25) is 0 Å². The van der Waals surface area contributed by atoms with Gasteiger partial charge in [0.05, 0.1) is 18.2 Å². The third-order valence-corrected chi connectivity index (χ3v) is 5.16. The van der Waals surface area contributed by atoms with Crippen LogP contribution >= 0.6 is 0 Å². The summed E-state index contributed by atoms with van der Waals surface area (Å²) < 4.78 is 45.5. The Morgan fingerprint density at radius 2 is 1.75 bits per heavy atom. The number of anilines is 1. The van der Waals surface area contributed by atoms with E-state index in [0.717, 1.165) is 0 Å². The number of aromatic nitrogens is 1. The molecule has 0 spiro atoms. The highest BCUT2D eigenvalue weighted by atomic mass is 19.4. The van der Waals surface area contributed by atoms with Crippen molar-refractivity contribution >= 4 is 22.4 Å². The number of carbonyl (C=O) groups is 1. The number of methoxy groups -OCH3 is 1. The Morgan fingerprint density at radius 3 is 2.38 bits per heavy atom. The number of alkyl halides is 3. The molecular weight excluding hydrogens is 421 g/mol. The van der Waals surface area contributed by atoms with E-state index in [0.29, 0.717) is 39.2 Å². The lowest BCUT2D eigenvalue weighted by Gasteiger charge is -2.12. The quantitative estimate of drug-likeness (QED) is 0.303. The SMILES string of the molecule is COc1ccc(C(=O)c2c(C)n(-c3cccc(O)c3)c3cc(NC(F)(F)F)ccc23)cc1. The summed E-state index contributed by atoms with van der Waals surface area (Å²) in [5, 5.41) is 11.9. The number of nitrogens with zero attached hydrogens (tertiary/aromatic N) is 1. The van der Waals surface area contributed by atoms with Crippen LogP contribution in [0.4, 0.5) is 18.9 Å². The third kappa shape index (κ3) is 3.99. The first-order valence-electron chi connectivity index (χ1n) is 9.66. The highest BCUT2D eigenvalue weighted by molar-refractivity contribution is 6.18. The molecule has 0 aliphatic heterocycles. The standard InChI is InChI=1S/C24H19F3N2O3/c1-14-22(23(31)15-6-9-19(32-2)10-7-15)20-11-8-16(28-24(25,26)27)12-21(20)29(14)17-4-3-5-18(30)13-17/h3-13,28,30H,1-2H3. The van der Waals surface area contributed by atoms with Gasteiger partial charge in [-0.1, -0.05) is 12.1 Å². The molecule has 0 aliphatic carbocycles. The number of fused-ring (bicyclic) bond motifs is 1. The van der Waals surface area contributed by atoms with Gasteiger partial charge < -0.3 is 14.4 Å². The van der Waals surface area contributed by atoms with Gasteiger partial charge in [0.15, 0.2) is 5.78 Å². The van der Waals surface area contributed by atoms with Crippen molar-refractivity contribution in [3.63, 3.8) is 0 Å². The van der Waals surface area contributed by atoms with Crippen molar-refractivity contribution in [3.05, 3.63) is 83.6 Å². The first-order chi connectivity index (χ1) is 15.2. The molecule has 0 saturated heterocycles. The molecule has 2 N–H and O–H groups in total. The summed E-state index contributed by atoms with van der Waals surface area (Å²) in [6.45, 7) is 1.72. The summed E-state index contributed by atoms with van der Waals surface area (Å²) in [6, 6.07) is 17.0. The zero-order chi connectivity index (χ0) is 23.0. The molecular formula is C24H19F3N2O3. The second kappa shape index (κ2) is 7.96. The van der Waals surface area contributed by atoms with E-state index in [2.05, 4.69) is 0 Å². The number of phenolic OH excluding ortho intramolecular Hbond substituents is 1. The van der Waals surface area contributed by atoms with E-state index in [4.69, 9.17) is 4.74 Å². The van der Waals surface area contributed by atoms with Crippen molar-refractivity contribution in [2.45, 2.75) is 13.2 Å². The Hall–Kier alpha value is -3.94. The molecule has 0 amide bonds. The molecule has 8 heteroatoms. The van der Waals surface area contributed by atoms with Crippen molar-refractivity contribution < 1.29 is 27.8 Å². The van der Waals surface area contributed by atoms with Crippen molar-refractivity contribution in [1.82, 2.24) is 4.57 Å². The van der Waals surface area contributed by atoms with Crippen LogP contribution in [-0.4, -0.2) is 28.9 Å². The topological polar surface area (TPSA) is 63.5 Å². The number of hydrogen-bond donors (Lipinski definition) is 2. The minimum atomic E-state index is -4.60. The zero-order valence-electron chi connectivity index (χ0n) is 17.2. The lowest BCUT2D eigenvalue weighted by Crippen LogP contribution is -2.20. The minimum absolute atomic E-state index is 0.00338. The van der Waals surface area contributed by atoms with Gasteiger partial charge in [0.25, 0.3) is 0 Å². The fourth-order valence-electron chi connectivity index (χ4n) is 3.80. The molecule has 0 saturated carbocycles. The van der Waals surface area contributed by atoms with Crippen molar-refractivity contribution in [1.29, 1.82) is 0 Å². The second-order valence-corrected chi connectivity index (χ2v) is 7.23. The molecule has 1 aromatic heterocycles. The first-order valence-corrected chi connectivity index (χ1v) is 9.66. The molecule has 0 bridgehead atoms. The van der Waals surface area contributed by atoms with Crippen LogP contribution in [0, 0.1) is 6.92 Å². The lowest BCUT2D eigenvalue weighted by molar-refractivity contribution is -0.0999. The highest BCUT2D eigenvalue weighted by Crippen LogP contribution is 2.34. The van der Waals surface area contributed by atoms with Crippen LogP contribution in [-0.2, 0) is 0 Å². The van der Waals surface area contributed by atoms with Crippen LogP contribution in [0.5, 0.6) is 11.5 Å². The number of halogens is 3. The number of hydrogen-bond acceptors (Lipinski definition) is 4. The van der Waals surface area contributed by atoms with E-state index in [1.165, 1.54) is 42.8 Å². The molecule has 3 aromatic carbocycles. The molecule has 32 heavy (non-hydrogen) atoms. The fourth-order valence-corrected chi connectivity index (χ4v) is 3.80. The summed E-state index contributed by atoms with van der Waals surface area (Å²) in [5.74, 6) is 0.324. The Bertz CT molecular complexity index is 1310. The first kappa shape index (κ1) is 21.3. The number of rotatable bonds is 5. The van der Waals surface area contributed by atoms with Crippen LogP contribution in [0.3, 0.4) is 0 Å². The molecule has 0 fully saturated rings. The minimum Gasteiger partial charge on any atom is -0.508 e. The predicted octanol–water partition coefficient (Wildman–Crippen LogP) is 5.82. The smallest absolute Gasteiger partial charge is 0.482 e. The van der Waals surface area contributed by atoms with Gasteiger partial charge in [-0.3, -0.25) is 10.1 Å². The van der Waals surface area contributed by atoms with Crippen LogP contribution in [0.2, 0.25) is 0 Å². The lowest BCUT2D eigenvalue weighted by atomic mass is 10.00. The summed E-state index contributed by atoms with van der Waals surface area (Å²) >= 11 is 0. The van der Waals surface area contributed by atoms with E-state index >= 15 is 0 Å². The van der Waals surface area contributed by atoms with E-state index in [9.17, 15) is 23.1 Å². The van der Waals surface area contributed by atoms with Crippen molar-refractivity contribution in [3.8, 4) is 17.2 Å². The summed E-state index contributed by atoms with van der Waals surface area (Å²) in [7, 11) is 1.52. The van der Waals surface area contributed by atoms with E-state index in [1.54, 1.807) is 47.9 Å². The number of phenols is 1. The average Bonchev–Trinajstić information content (AvgIpc) is 3.03. The molecule has 4 aromatic rings. The number of aromatic hydroxyl groups is 1. The molecule has 0 unspecified atom stereocenters. The third-order valence-electron chi connectivity index (χ3n) is 5.16. The summed E-state index contributed by atoms with van der Waals surface area (Å²) in [6.07, 6.45) is -4.60. The number of ether oxygens (including phenoxy) is 1. The Balaban J connectivity index is 1.94. The monoisotopic (exact) mass is 440 g/mol. The van der Waals surface area contributed by atoms with Gasteiger partial charge in [-0.2, -0.15) is 13.2 Å². The maximum Gasteiger partial charge on any atom is 0.482 e. The normalized spacial score (nSPS) is 11.5. The van der Waals surface area contributed by atoms with Gasteiger partial charge in [-0.05, 0) is 55.5 Å². The van der Waals surface area contributed by atoms with Gasteiger partial charge in [0.1, 0.15) is 11.5 Å². The van der Waals surface area contributed by atoms with Crippen molar-refractivity contribution in [2.24, 2.45) is 0 Å². The number of ketones is 1. The van der Waals surface area contributed by atoms with E-state index in [1.807, 2.05) is 0 Å². The maximum absolute atomic E-state index is 13.4. The predicted molar refractivity (Wildman–Crippen MR) is 116 cm³/mol. The molecule has 0 aliphatic rings. The fraction of sp³-hybridized carbons (Fsp3) is 0.125. The molecule has 5 nitrogen and oxygen atoms in total. The maximum atomic E-state index is 13.4. The molecule has 1 heterocycles. The number of nitrogens with one attached hydrogen (secondary N) is 1. The van der Waals surface area contributed by atoms with Gasteiger partial charge in [0, 0.05) is 34.1 Å². The average molecular weight is 440 g/mol. The van der Waals surface area contributed by atoms with Crippen molar-refractivity contribution in [2.75, 3.05) is 12.4 Å². The number of carbonyl (C=O) groups excluding carboxylic acids is 1. The number of benzene rings is 3. The molecule has 164 valence electrons. The van der Waals surface area contributed by atoms with Crippen LogP contribution in [0.15, 0.2) is 66.7 Å². The van der Waals surface area contributed by atoms with Crippen LogP contribution < -0.4 is 10.1 Å². The molecule has 4 rings (SSSR count). The largest absolute Gasteiger partial charge is 0.508 e. The Labute approximate surface area is 181 Å². The van der Waals surface area contributed by atoms with E-state index in [-0.39, 0.29) is 17.2 Å². The van der Waals surface area contributed by atoms with Crippen LogP contribution in [0.25, 0.3) is 16.6 Å². The van der Waals surface area contributed by atoms with E-state index < -0.39 is 6.30 Å². The summed E-state index contributed by atoms with van der Waals surface area (Å²) in [4.78, 5) is 13.4. The second-order valence-electron chi connectivity index (χ2n) is 7.23.